The lowest BCUT2D eigenvalue weighted by Gasteiger charge is -2.06. The Kier molecular flexibility index (Phi) is 3.38. The molecule has 0 spiro atoms. The van der Waals surface area contributed by atoms with Gasteiger partial charge >= 0.3 is 5.97 Å². The van der Waals surface area contributed by atoms with Crippen LogP contribution in [0.5, 0.6) is 0 Å². The minimum atomic E-state index is -1.01. The molecule has 0 radical (unpaired) electrons. The molecule has 2 N–H and O–H groups in total. The lowest BCUT2D eigenvalue weighted by atomic mass is 10.2. The summed E-state index contributed by atoms with van der Waals surface area (Å²) in [5, 5.41) is 12.0. The third-order valence-electron chi connectivity index (χ3n) is 3.07. The SMILES string of the molecule is Cc1c(C(=O)O)sc2ncnc(SC3CC(=O)NC3=O)c12. The van der Waals surface area contributed by atoms with Crippen LogP contribution in [0.15, 0.2) is 11.4 Å². The van der Waals surface area contributed by atoms with Gasteiger partial charge in [-0.25, -0.2) is 14.8 Å². The second-order valence-corrected chi connectivity index (χ2v) is 6.63. The molecule has 2 aromatic rings. The van der Waals surface area contributed by atoms with Crippen molar-refractivity contribution in [2.75, 3.05) is 0 Å². The molecule has 1 atom stereocenters. The molecule has 3 rings (SSSR count). The van der Waals surface area contributed by atoms with Crippen molar-refractivity contribution in [2.45, 2.75) is 23.6 Å². The number of nitrogens with one attached hydrogen (secondary N) is 1. The van der Waals surface area contributed by atoms with Crippen LogP contribution in [0.4, 0.5) is 0 Å². The Hall–Kier alpha value is -2.00. The maximum Gasteiger partial charge on any atom is 0.346 e. The summed E-state index contributed by atoms with van der Waals surface area (Å²) in [5.74, 6) is -1.67. The summed E-state index contributed by atoms with van der Waals surface area (Å²) in [4.78, 5) is 43.0. The predicted octanol–water partition coefficient (Wildman–Crippen LogP) is 1.21. The fourth-order valence-electron chi connectivity index (χ4n) is 2.09. The molecule has 1 fully saturated rings. The van der Waals surface area contributed by atoms with Crippen LogP contribution in [-0.4, -0.2) is 38.1 Å². The molecule has 0 saturated carbocycles. The number of thiophene rings is 1. The highest BCUT2D eigenvalue weighted by Gasteiger charge is 2.32. The number of hydrogen-bond donors (Lipinski definition) is 2. The first-order valence-electron chi connectivity index (χ1n) is 5.95. The average molecular weight is 323 g/mol. The van der Waals surface area contributed by atoms with E-state index in [0.717, 1.165) is 23.1 Å². The van der Waals surface area contributed by atoms with Crippen molar-refractivity contribution >= 4 is 51.1 Å². The van der Waals surface area contributed by atoms with Gasteiger partial charge in [0.1, 0.15) is 21.1 Å². The lowest BCUT2D eigenvalue weighted by molar-refractivity contribution is -0.124. The van der Waals surface area contributed by atoms with Gasteiger partial charge in [-0.3, -0.25) is 14.9 Å². The topological polar surface area (TPSA) is 109 Å². The third kappa shape index (κ3) is 2.38. The maximum absolute atomic E-state index is 11.6. The number of rotatable bonds is 3. The van der Waals surface area contributed by atoms with Crippen molar-refractivity contribution in [1.82, 2.24) is 15.3 Å². The largest absolute Gasteiger partial charge is 0.477 e. The Bertz CT molecular complexity index is 786. The number of hydrogen-bond acceptors (Lipinski definition) is 7. The van der Waals surface area contributed by atoms with Crippen LogP contribution in [0.3, 0.4) is 0 Å². The number of thioether (sulfide) groups is 1. The van der Waals surface area contributed by atoms with Gasteiger partial charge in [0.05, 0.1) is 5.25 Å². The van der Waals surface area contributed by atoms with Gasteiger partial charge < -0.3 is 5.11 Å². The lowest BCUT2D eigenvalue weighted by Crippen LogP contribution is -2.23. The number of carbonyl (C=O) groups is 3. The Morgan fingerprint density at radius 3 is 2.86 bits per heavy atom. The molecule has 21 heavy (non-hydrogen) atoms. The summed E-state index contributed by atoms with van der Waals surface area (Å²) in [6.45, 7) is 1.69. The third-order valence-corrected chi connectivity index (χ3v) is 5.45. The Morgan fingerprint density at radius 2 is 2.24 bits per heavy atom. The zero-order valence-electron chi connectivity index (χ0n) is 10.7. The molecule has 0 aliphatic carbocycles. The van der Waals surface area contributed by atoms with Gasteiger partial charge in [0.2, 0.25) is 11.8 Å². The van der Waals surface area contributed by atoms with Gasteiger partial charge in [0.15, 0.2) is 0 Å². The number of carbonyl (C=O) groups excluding carboxylic acids is 2. The van der Waals surface area contributed by atoms with Crippen LogP contribution >= 0.6 is 23.1 Å². The van der Waals surface area contributed by atoms with Crippen molar-refractivity contribution < 1.29 is 19.5 Å². The zero-order chi connectivity index (χ0) is 15.1. The maximum atomic E-state index is 11.6. The van der Waals surface area contributed by atoms with Crippen LogP contribution in [0, 0.1) is 6.92 Å². The first-order valence-corrected chi connectivity index (χ1v) is 7.64. The van der Waals surface area contributed by atoms with Crippen molar-refractivity contribution in [3.05, 3.63) is 16.8 Å². The second-order valence-electron chi connectivity index (χ2n) is 4.44. The van der Waals surface area contributed by atoms with Crippen molar-refractivity contribution in [3.8, 4) is 0 Å². The van der Waals surface area contributed by atoms with Gasteiger partial charge in [-0.05, 0) is 12.5 Å². The standard InChI is InChI=1S/C12H9N3O4S2/c1-4-7-10(20-5-2-6(16)15-9(5)17)13-3-14-11(7)21-8(4)12(18)19/h3,5H,2H2,1H3,(H,18,19)(H,15,16,17). The summed E-state index contributed by atoms with van der Waals surface area (Å²) in [5.41, 5.74) is 0.579. The molecule has 1 aliphatic rings. The van der Waals surface area contributed by atoms with Crippen LogP contribution in [0.1, 0.15) is 21.7 Å². The molecule has 1 aliphatic heterocycles. The quantitative estimate of drug-likeness (QED) is 0.645. The van der Waals surface area contributed by atoms with Gasteiger partial charge in [-0.15, -0.1) is 11.3 Å². The van der Waals surface area contributed by atoms with E-state index < -0.39 is 11.2 Å². The molecule has 0 bridgehead atoms. The van der Waals surface area contributed by atoms with Crippen molar-refractivity contribution in [3.63, 3.8) is 0 Å². The molecule has 7 nitrogen and oxygen atoms in total. The first-order chi connectivity index (χ1) is 9.97. The van der Waals surface area contributed by atoms with Gasteiger partial charge in [0, 0.05) is 11.8 Å². The summed E-state index contributed by atoms with van der Waals surface area (Å²) >= 11 is 2.24. The molecule has 9 heteroatoms. The van der Waals surface area contributed by atoms with E-state index in [-0.39, 0.29) is 23.1 Å². The van der Waals surface area contributed by atoms with Gasteiger partial charge in [-0.1, -0.05) is 11.8 Å². The molecule has 1 saturated heterocycles. The van der Waals surface area contributed by atoms with E-state index >= 15 is 0 Å². The average Bonchev–Trinajstić information content (AvgIpc) is 2.91. The number of aromatic carboxylic acids is 1. The number of imide groups is 1. The minimum absolute atomic E-state index is 0.101. The van der Waals surface area contributed by atoms with E-state index in [2.05, 4.69) is 15.3 Å². The van der Waals surface area contributed by atoms with Crippen LogP contribution < -0.4 is 5.32 Å². The van der Waals surface area contributed by atoms with Crippen LogP contribution in [0.25, 0.3) is 10.2 Å². The van der Waals surface area contributed by atoms with Crippen LogP contribution in [0.2, 0.25) is 0 Å². The fraction of sp³-hybridized carbons (Fsp3) is 0.250. The molecule has 108 valence electrons. The predicted molar refractivity (Wildman–Crippen MR) is 76.5 cm³/mol. The molecular formula is C12H9N3O4S2. The smallest absolute Gasteiger partial charge is 0.346 e. The molecule has 2 aromatic heterocycles. The summed E-state index contributed by atoms with van der Waals surface area (Å²) in [6, 6.07) is 0. The first kappa shape index (κ1) is 14.0. The zero-order valence-corrected chi connectivity index (χ0v) is 12.4. The van der Waals surface area contributed by atoms with E-state index in [1.807, 2.05) is 0 Å². The van der Waals surface area contributed by atoms with Crippen molar-refractivity contribution in [2.24, 2.45) is 0 Å². The number of nitrogens with zero attached hydrogens (tertiary/aromatic N) is 2. The Balaban J connectivity index is 2.05. The number of carboxylic acid groups (broad SMARTS) is 1. The Labute approximate surface area is 126 Å². The molecule has 3 heterocycles. The molecular weight excluding hydrogens is 314 g/mol. The molecule has 0 aromatic carbocycles. The minimum Gasteiger partial charge on any atom is -0.477 e. The summed E-state index contributed by atoms with van der Waals surface area (Å²) in [7, 11) is 0. The van der Waals surface area contributed by atoms with Crippen molar-refractivity contribution in [1.29, 1.82) is 0 Å². The van der Waals surface area contributed by atoms with E-state index in [1.165, 1.54) is 6.33 Å². The fourth-order valence-corrected chi connectivity index (χ4v) is 4.29. The number of aryl methyl sites for hydroxylation is 1. The normalized spacial score (nSPS) is 18.2. The monoisotopic (exact) mass is 323 g/mol. The van der Waals surface area contributed by atoms with E-state index in [9.17, 15) is 14.4 Å². The number of amides is 2. The number of fused-ring (bicyclic) bond motifs is 1. The molecule has 1 unspecified atom stereocenters. The highest BCUT2D eigenvalue weighted by atomic mass is 32.2. The number of carboxylic acids is 1. The summed E-state index contributed by atoms with van der Waals surface area (Å²) < 4.78 is 0. The van der Waals surface area contributed by atoms with E-state index in [0.29, 0.717) is 20.8 Å². The van der Waals surface area contributed by atoms with Gasteiger partial charge in [-0.2, -0.15) is 0 Å². The highest BCUT2D eigenvalue weighted by Crippen LogP contribution is 2.37. The second kappa shape index (κ2) is 5.08. The Morgan fingerprint density at radius 1 is 1.48 bits per heavy atom. The summed E-state index contributed by atoms with van der Waals surface area (Å²) in [6.07, 6.45) is 1.44. The van der Waals surface area contributed by atoms with E-state index in [1.54, 1.807) is 6.92 Å². The van der Waals surface area contributed by atoms with E-state index in [4.69, 9.17) is 5.11 Å². The number of aromatic nitrogens is 2. The van der Waals surface area contributed by atoms with Crippen LogP contribution in [-0.2, 0) is 9.59 Å². The molecule has 2 amide bonds. The van der Waals surface area contributed by atoms with Gasteiger partial charge in [0.25, 0.3) is 0 Å². The highest BCUT2D eigenvalue weighted by molar-refractivity contribution is 8.00.